The summed E-state index contributed by atoms with van der Waals surface area (Å²) in [5.41, 5.74) is -0.289. The minimum Gasteiger partial charge on any atom is -0.362 e. The molecule has 0 aromatic carbocycles. The van der Waals surface area contributed by atoms with Gasteiger partial charge in [0.2, 0.25) is 15.9 Å². The normalized spacial score (nSPS) is 29.7. The molecule has 0 aromatic rings. The topological polar surface area (TPSA) is 75.7 Å². The molecule has 0 aromatic heterocycles. The summed E-state index contributed by atoms with van der Waals surface area (Å²) < 4.78 is 30.6. The molecule has 21 heavy (non-hydrogen) atoms. The van der Waals surface area contributed by atoms with E-state index in [1.54, 1.807) is 0 Å². The van der Waals surface area contributed by atoms with Crippen LogP contribution in [-0.4, -0.2) is 56.2 Å². The number of rotatable bonds is 4. The Bertz CT molecular complexity index is 507. The fourth-order valence-electron chi connectivity index (χ4n) is 3.27. The number of nitrogens with one attached hydrogen (secondary N) is 1. The van der Waals surface area contributed by atoms with E-state index >= 15 is 0 Å². The fraction of sp³-hybridized carbons (Fsp3) is 0.929. The summed E-state index contributed by atoms with van der Waals surface area (Å²) in [7, 11) is -3.11. The van der Waals surface area contributed by atoms with E-state index in [2.05, 4.69) is 5.32 Å². The zero-order valence-corrected chi connectivity index (χ0v) is 13.3. The van der Waals surface area contributed by atoms with Crippen LogP contribution in [0.3, 0.4) is 0 Å². The molecule has 1 N–H and O–H groups in total. The predicted octanol–water partition coefficient (Wildman–Crippen LogP) is 0.486. The van der Waals surface area contributed by atoms with Gasteiger partial charge in [-0.05, 0) is 44.4 Å². The molecule has 7 heteroatoms. The number of carbonyl (C=O) groups is 1. The highest BCUT2D eigenvalue weighted by atomic mass is 32.2. The second-order valence-electron chi connectivity index (χ2n) is 6.68. The van der Waals surface area contributed by atoms with Gasteiger partial charge in [-0.1, -0.05) is 0 Å². The number of piperidine rings is 1. The van der Waals surface area contributed by atoms with E-state index < -0.39 is 10.0 Å². The molecule has 3 aliphatic rings. The van der Waals surface area contributed by atoms with E-state index in [4.69, 9.17) is 4.74 Å². The third-order valence-corrected chi connectivity index (χ3v) is 6.21. The quantitative estimate of drug-likeness (QED) is 0.819. The Morgan fingerprint density at radius 2 is 1.90 bits per heavy atom. The molecule has 6 nitrogen and oxygen atoms in total. The Balaban J connectivity index is 1.51. The Hall–Kier alpha value is -0.660. The summed E-state index contributed by atoms with van der Waals surface area (Å²) in [6.07, 6.45) is 6.30. The molecule has 2 heterocycles. The maximum Gasteiger partial charge on any atom is 0.249 e. The highest BCUT2D eigenvalue weighted by molar-refractivity contribution is 7.88. The van der Waals surface area contributed by atoms with Crippen molar-refractivity contribution in [1.29, 1.82) is 0 Å². The van der Waals surface area contributed by atoms with Crippen LogP contribution in [0.25, 0.3) is 0 Å². The first-order valence-corrected chi connectivity index (χ1v) is 9.63. The van der Waals surface area contributed by atoms with Crippen LogP contribution in [0, 0.1) is 5.92 Å². The molecule has 3 rings (SSSR count). The number of carbonyl (C=O) groups excluding carboxylic acids is 1. The minimum absolute atomic E-state index is 0.00400. The van der Waals surface area contributed by atoms with Gasteiger partial charge in [0.05, 0.1) is 11.9 Å². The van der Waals surface area contributed by atoms with Crippen LogP contribution in [0.15, 0.2) is 0 Å². The molecule has 1 amide bonds. The molecule has 120 valence electrons. The molecule has 2 aliphatic heterocycles. The largest absolute Gasteiger partial charge is 0.362 e. The standard InChI is InChI=1S/C14H24N2O4S/c1-21(18,19)16-8-6-14(7-9-16)5-4-12(20-14)13(17)15-10-11-2-3-11/h11-12H,2-10H2,1H3,(H,15,17). The number of amides is 1. The van der Waals surface area contributed by atoms with Gasteiger partial charge < -0.3 is 10.1 Å². The lowest BCUT2D eigenvalue weighted by molar-refractivity contribution is -0.139. The van der Waals surface area contributed by atoms with E-state index in [9.17, 15) is 13.2 Å². The lowest BCUT2D eigenvalue weighted by Crippen LogP contribution is -2.47. The number of hydrogen-bond acceptors (Lipinski definition) is 4. The highest BCUT2D eigenvalue weighted by Gasteiger charge is 2.45. The Morgan fingerprint density at radius 3 is 2.48 bits per heavy atom. The second kappa shape index (κ2) is 5.52. The molecule has 3 fully saturated rings. The van der Waals surface area contributed by atoms with Crippen LogP contribution >= 0.6 is 0 Å². The molecule has 1 atom stereocenters. The smallest absolute Gasteiger partial charge is 0.249 e. The summed E-state index contributed by atoms with van der Waals surface area (Å²) in [6.45, 7) is 1.76. The Kier molecular flexibility index (Phi) is 4.00. The Morgan fingerprint density at radius 1 is 1.24 bits per heavy atom. The fourth-order valence-corrected chi connectivity index (χ4v) is 4.12. The zero-order chi connectivity index (χ0) is 15.1. The maximum atomic E-state index is 12.1. The summed E-state index contributed by atoms with van der Waals surface area (Å²) >= 11 is 0. The zero-order valence-electron chi connectivity index (χ0n) is 12.5. The van der Waals surface area contributed by atoms with Crippen LogP contribution in [0.1, 0.15) is 38.5 Å². The van der Waals surface area contributed by atoms with Gasteiger partial charge in [0.1, 0.15) is 6.10 Å². The average Bonchev–Trinajstić information content (AvgIpc) is 3.17. The van der Waals surface area contributed by atoms with E-state index in [0.29, 0.717) is 31.8 Å². The van der Waals surface area contributed by atoms with Crippen molar-refractivity contribution in [2.24, 2.45) is 5.92 Å². The molecular weight excluding hydrogens is 292 g/mol. The van der Waals surface area contributed by atoms with E-state index in [1.807, 2.05) is 0 Å². The third-order valence-electron chi connectivity index (χ3n) is 4.91. The van der Waals surface area contributed by atoms with Crippen molar-refractivity contribution in [3.05, 3.63) is 0 Å². The van der Waals surface area contributed by atoms with Crippen molar-refractivity contribution in [3.63, 3.8) is 0 Å². The number of ether oxygens (including phenoxy) is 1. The van der Waals surface area contributed by atoms with Crippen molar-refractivity contribution in [1.82, 2.24) is 9.62 Å². The lowest BCUT2D eigenvalue weighted by Gasteiger charge is -2.37. The number of hydrogen-bond donors (Lipinski definition) is 1. The molecule has 1 unspecified atom stereocenters. The van der Waals surface area contributed by atoms with Crippen molar-refractivity contribution in [3.8, 4) is 0 Å². The van der Waals surface area contributed by atoms with Crippen molar-refractivity contribution in [2.75, 3.05) is 25.9 Å². The van der Waals surface area contributed by atoms with Gasteiger partial charge in [0.15, 0.2) is 0 Å². The van der Waals surface area contributed by atoms with E-state index in [0.717, 1.165) is 19.4 Å². The summed E-state index contributed by atoms with van der Waals surface area (Å²) in [4.78, 5) is 12.1. The average molecular weight is 316 g/mol. The van der Waals surface area contributed by atoms with Gasteiger partial charge >= 0.3 is 0 Å². The molecule has 2 saturated heterocycles. The van der Waals surface area contributed by atoms with Crippen LogP contribution in [0.4, 0.5) is 0 Å². The molecule has 1 aliphatic carbocycles. The van der Waals surface area contributed by atoms with Crippen molar-refractivity contribution in [2.45, 2.75) is 50.2 Å². The maximum absolute atomic E-state index is 12.1. The molecule has 1 spiro atoms. The number of sulfonamides is 1. The summed E-state index contributed by atoms with van der Waals surface area (Å²) in [5, 5.41) is 2.97. The second-order valence-corrected chi connectivity index (χ2v) is 8.66. The van der Waals surface area contributed by atoms with Gasteiger partial charge in [0.25, 0.3) is 0 Å². The van der Waals surface area contributed by atoms with Gasteiger partial charge in [0, 0.05) is 19.6 Å². The monoisotopic (exact) mass is 316 g/mol. The van der Waals surface area contributed by atoms with E-state index in [1.165, 1.54) is 23.4 Å². The van der Waals surface area contributed by atoms with Crippen molar-refractivity contribution >= 4 is 15.9 Å². The predicted molar refractivity (Wildman–Crippen MR) is 78.2 cm³/mol. The van der Waals surface area contributed by atoms with Crippen LogP contribution in [0.5, 0.6) is 0 Å². The van der Waals surface area contributed by atoms with Crippen LogP contribution in [0.2, 0.25) is 0 Å². The Labute approximate surface area is 126 Å². The highest BCUT2D eigenvalue weighted by Crippen LogP contribution is 2.39. The first kappa shape index (κ1) is 15.2. The van der Waals surface area contributed by atoms with Gasteiger partial charge in [-0.15, -0.1) is 0 Å². The van der Waals surface area contributed by atoms with E-state index in [-0.39, 0.29) is 17.6 Å². The van der Waals surface area contributed by atoms with Crippen LogP contribution < -0.4 is 5.32 Å². The van der Waals surface area contributed by atoms with Gasteiger partial charge in [-0.25, -0.2) is 12.7 Å². The SMILES string of the molecule is CS(=O)(=O)N1CCC2(CCC(C(=O)NCC3CC3)O2)CC1. The van der Waals surface area contributed by atoms with Crippen molar-refractivity contribution < 1.29 is 17.9 Å². The summed E-state index contributed by atoms with van der Waals surface area (Å²) in [5.74, 6) is 0.673. The summed E-state index contributed by atoms with van der Waals surface area (Å²) in [6, 6.07) is 0. The van der Waals surface area contributed by atoms with Crippen LogP contribution in [-0.2, 0) is 19.6 Å². The lowest BCUT2D eigenvalue weighted by atomic mass is 9.89. The first-order chi connectivity index (χ1) is 9.88. The first-order valence-electron chi connectivity index (χ1n) is 7.79. The van der Waals surface area contributed by atoms with Gasteiger partial charge in [-0.3, -0.25) is 4.79 Å². The third kappa shape index (κ3) is 3.57. The molecular formula is C14H24N2O4S. The minimum atomic E-state index is -3.11. The molecule has 0 radical (unpaired) electrons. The molecule has 0 bridgehead atoms. The van der Waals surface area contributed by atoms with Gasteiger partial charge in [-0.2, -0.15) is 0 Å². The number of nitrogens with zero attached hydrogens (tertiary/aromatic N) is 1. The molecule has 1 saturated carbocycles.